The molecule has 0 aromatic heterocycles. The molecule has 3 rings (SSSR count). The lowest BCUT2D eigenvalue weighted by molar-refractivity contribution is 0.1000. The van der Waals surface area contributed by atoms with E-state index in [1.54, 1.807) is 12.1 Å². The van der Waals surface area contributed by atoms with Crippen molar-refractivity contribution in [3.63, 3.8) is 0 Å². The molecule has 4 N–H and O–H groups in total. The van der Waals surface area contributed by atoms with E-state index < -0.39 is 12.0 Å². The molecular weight excluding hydrogens is 400 g/mol. The van der Waals surface area contributed by atoms with Gasteiger partial charge in [0.05, 0.1) is 6.10 Å². The van der Waals surface area contributed by atoms with Crippen LogP contribution in [0, 0.1) is 0 Å². The summed E-state index contributed by atoms with van der Waals surface area (Å²) in [6.45, 7) is 5.22. The summed E-state index contributed by atoms with van der Waals surface area (Å²) in [4.78, 5) is 11.2. The minimum Gasteiger partial charge on any atom is -0.489 e. The lowest BCUT2D eigenvalue weighted by Gasteiger charge is -2.28. The van der Waals surface area contributed by atoms with Gasteiger partial charge < -0.3 is 20.9 Å². The molecule has 0 aliphatic carbocycles. The number of primary amides is 1. The average molecular weight is 433 g/mol. The highest BCUT2D eigenvalue weighted by Gasteiger charge is 2.19. The number of aryl methyl sites for hydroxylation is 1. The Balaban J connectivity index is 1.45. The summed E-state index contributed by atoms with van der Waals surface area (Å²) >= 11 is 0. The largest absolute Gasteiger partial charge is 0.489 e. The van der Waals surface area contributed by atoms with E-state index in [4.69, 9.17) is 10.5 Å². The van der Waals surface area contributed by atoms with E-state index in [9.17, 15) is 9.90 Å². The van der Waals surface area contributed by atoms with E-state index in [2.05, 4.69) is 19.2 Å². The number of aliphatic hydroxyl groups excluding tert-OH is 1. The molecular formula is C27H32N2O3. The van der Waals surface area contributed by atoms with E-state index >= 15 is 0 Å². The highest BCUT2D eigenvalue weighted by atomic mass is 16.5. The summed E-state index contributed by atoms with van der Waals surface area (Å²) in [5, 5.41) is 14.1. The van der Waals surface area contributed by atoms with E-state index in [0.717, 1.165) is 35.3 Å². The van der Waals surface area contributed by atoms with Crippen molar-refractivity contribution in [2.75, 3.05) is 6.54 Å². The fourth-order valence-corrected chi connectivity index (χ4v) is 3.40. The van der Waals surface area contributed by atoms with Crippen LogP contribution in [0.1, 0.15) is 53.4 Å². The molecule has 0 fully saturated rings. The fraction of sp³-hybridized carbons (Fsp3) is 0.296. The Morgan fingerprint density at radius 1 is 0.969 bits per heavy atom. The first kappa shape index (κ1) is 23.5. The van der Waals surface area contributed by atoms with Gasteiger partial charge >= 0.3 is 0 Å². The zero-order valence-corrected chi connectivity index (χ0v) is 18.8. The summed E-state index contributed by atoms with van der Waals surface area (Å²) in [6, 6.07) is 25.0. The molecule has 1 atom stereocenters. The summed E-state index contributed by atoms with van der Waals surface area (Å²) in [7, 11) is 0. The molecule has 3 aromatic carbocycles. The zero-order valence-electron chi connectivity index (χ0n) is 18.8. The number of amides is 1. The van der Waals surface area contributed by atoms with Gasteiger partial charge in [-0.1, -0.05) is 54.6 Å². The maximum Gasteiger partial charge on any atom is 0.248 e. The Hall–Kier alpha value is -3.15. The van der Waals surface area contributed by atoms with Gasteiger partial charge in [-0.05, 0) is 67.6 Å². The predicted molar refractivity (Wildman–Crippen MR) is 128 cm³/mol. The third-order valence-corrected chi connectivity index (χ3v) is 5.56. The second-order valence-corrected chi connectivity index (χ2v) is 8.69. The number of benzene rings is 3. The SMILES string of the molecule is CC(C)(CCc1ccc(C(N)=O)cc1)NCC(O)c1ccc(OCc2ccccc2)cc1. The molecule has 3 aromatic rings. The predicted octanol–water partition coefficient (Wildman–Crippen LogP) is 4.40. The summed E-state index contributed by atoms with van der Waals surface area (Å²) in [6.07, 6.45) is 1.15. The lowest BCUT2D eigenvalue weighted by atomic mass is 9.94. The first-order valence-electron chi connectivity index (χ1n) is 10.9. The first-order chi connectivity index (χ1) is 15.3. The summed E-state index contributed by atoms with van der Waals surface area (Å²) in [5.41, 5.74) is 8.78. The number of β-amino-alcohol motifs (C(OH)–C–C–N with tert-alkyl or cyclic N) is 1. The molecule has 0 saturated heterocycles. The third kappa shape index (κ3) is 7.22. The van der Waals surface area contributed by atoms with Gasteiger partial charge in [0.15, 0.2) is 0 Å². The molecule has 5 heteroatoms. The van der Waals surface area contributed by atoms with Gasteiger partial charge in [-0.25, -0.2) is 0 Å². The highest BCUT2D eigenvalue weighted by Crippen LogP contribution is 2.20. The molecule has 0 spiro atoms. The van der Waals surface area contributed by atoms with Crippen molar-refractivity contribution < 1.29 is 14.6 Å². The van der Waals surface area contributed by atoms with Crippen LogP contribution >= 0.6 is 0 Å². The molecule has 1 unspecified atom stereocenters. The van der Waals surface area contributed by atoms with Gasteiger partial charge in [0, 0.05) is 17.6 Å². The number of nitrogens with two attached hydrogens (primary N) is 1. The van der Waals surface area contributed by atoms with Crippen LogP contribution in [0.4, 0.5) is 0 Å². The Morgan fingerprint density at radius 3 is 2.25 bits per heavy atom. The Morgan fingerprint density at radius 2 is 1.62 bits per heavy atom. The molecule has 0 saturated carbocycles. The van der Waals surface area contributed by atoms with Crippen LogP contribution in [0.5, 0.6) is 5.75 Å². The van der Waals surface area contributed by atoms with Crippen molar-refractivity contribution >= 4 is 5.91 Å². The van der Waals surface area contributed by atoms with Crippen molar-refractivity contribution in [1.29, 1.82) is 0 Å². The van der Waals surface area contributed by atoms with Crippen molar-refractivity contribution in [2.24, 2.45) is 5.73 Å². The zero-order chi connectivity index (χ0) is 23.0. The molecule has 0 radical (unpaired) electrons. The van der Waals surface area contributed by atoms with E-state index in [1.807, 2.05) is 66.7 Å². The second kappa shape index (κ2) is 10.9. The van der Waals surface area contributed by atoms with Gasteiger partial charge in [0.1, 0.15) is 12.4 Å². The molecule has 0 aliphatic heterocycles. The van der Waals surface area contributed by atoms with Gasteiger partial charge in [-0.15, -0.1) is 0 Å². The number of hydrogen-bond acceptors (Lipinski definition) is 4. The Kier molecular flexibility index (Phi) is 8.03. The summed E-state index contributed by atoms with van der Waals surface area (Å²) < 4.78 is 5.81. The third-order valence-electron chi connectivity index (χ3n) is 5.56. The molecule has 0 bridgehead atoms. The van der Waals surface area contributed by atoms with Crippen LogP contribution in [0.2, 0.25) is 0 Å². The Bertz CT molecular complexity index is 984. The molecule has 168 valence electrons. The van der Waals surface area contributed by atoms with Gasteiger partial charge in [-0.3, -0.25) is 4.79 Å². The fourth-order valence-electron chi connectivity index (χ4n) is 3.40. The maximum atomic E-state index is 11.2. The van der Waals surface area contributed by atoms with Crippen LogP contribution in [0.15, 0.2) is 78.9 Å². The first-order valence-corrected chi connectivity index (χ1v) is 10.9. The normalized spacial score (nSPS) is 12.3. The molecule has 5 nitrogen and oxygen atoms in total. The molecule has 0 heterocycles. The minimum absolute atomic E-state index is 0.151. The smallest absolute Gasteiger partial charge is 0.248 e. The quantitative estimate of drug-likeness (QED) is 0.419. The minimum atomic E-state index is -0.604. The van der Waals surface area contributed by atoms with Gasteiger partial charge in [0.25, 0.3) is 0 Å². The van der Waals surface area contributed by atoms with E-state index in [-0.39, 0.29) is 5.54 Å². The van der Waals surface area contributed by atoms with E-state index in [0.29, 0.717) is 18.7 Å². The standard InChI is InChI=1S/C27H32N2O3/c1-27(2,17-16-20-8-10-23(11-9-20)26(28)31)29-18-25(30)22-12-14-24(15-13-22)32-19-21-6-4-3-5-7-21/h3-15,25,29-30H,16-19H2,1-2H3,(H2,28,31). The summed E-state index contributed by atoms with van der Waals surface area (Å²) in [5.74, 6) is 0.365. The number of ether oxygens (including phenoxy) is 1. The van der Waals surface area contributed by atoms with Crippen LogP contribution in [-0.2, 0) is 13.0 Å². The number of carbonyl (C=O) groups is 1. The van der Waals surface area contributed by atoms with Gasteiger partial charge in [-0.2, -0.15) is 0 Å². The number of hydrogen-bond donors (Lipinski definition) is 3. The topological polar surface area (TPSA) is 84.6 Å². The number of carbonyl (C=O) groups excluding carboxylic acids is 1. The average Bonchev–Trinajstić information content (AvgIpc) is 2.81. The Labute approximate surface area is 190 Å². The molecule has 0 aliphatic rings. The van der Waals surface area contributed by atoms with Crippen molar-refractivity contribution in [1.82, 2.24) is 5.32 Å². The van der Waals surface area contributed by atoms with E-state index in [1.165, 1.54) is 0 Å². The maximum absolute atomic E-state index is 11.2. The van der Waals surface area contributed by atoms with Crippen LogP contribution in [-0.4, -0.2) is 23.1 Å². The van der Waals surface area contributed by atoms with Crippen molar-refractivity contribution in [3.8, 4) is 5.75 Å². The van der Waals surface area contributed by atoms with Crippen molar-refractivity contribution in [3.05, 3.63) is 101 Å². The van der Waals surface area contributed by atoms with Crippen LogP contribution in [0.3, 0.4) is 0 Å². The van der Waals surface area contributed by atoms with Crippen LogP contribution in [0.25, 0.3) is 0 Å². The lowest BCUT2D eigenvalue weighted by Crippen LogP contribution is -2.42. The van der Waals surface area contributed by atoms with Gasteiger partial charge in [0.2, 0.25) is 5.91 Å². The van der Waals surface area contributed by atoms with Crippen molar-refractivity contribution in [2.45, 2.75) is 44.9 Å². The van der Waals surface area contributed by atoms with Crippen LogP contribution < -0.4 is 15.8 Å². The molecule has 1 amide bonds. The highest BCUT2D eigenvalue weighted by molar-refractivity contribution is 5.92. The number of aliphatic hydroxyl groups is 1. The number of rotatable bonds is 11. The second-order valence-electron chi connectivity index (χ2n) is 8.69. The molecule has 32 heavy (non-hydrogen) atoms. The number of nitrogens with one attached hydrogen (secondary N) is 1. The monoisotopic (exact) mass is 432 g/mol.